The summed E-state index contributed by atoms with van der Waals surface area (Å²) in [6, 6.07) is 5.77. The number of carbonyl (C=O) groups is 1. The summed E-state index contributed by atoms with van der Waals surface area (Å²) in [5.74, 6) is 1.28. The molecule has 0 radical (unpaired) electrons. The van der Waals surface area contributed by atoms with Gasteiger partial charge in [-0.15, -0.1) is 11.3 Å². The predicted molar refractivity (Wildman–Crippen MR) is 93.3 cm³/mol. The summed E-state index contributed by atoms with van der Waals surface area (Å²) in [5.41, 5.74) is 1.41. The summed E-state index contributed by atoms with van der Waals surface area (Å²) in [7, 11) is 0. The Labute approximate surface area is 140 Å². The highest BCUT2D eigenvalue weighted by atomic mass is 32.1. The van der Waals surface area contributed by atoms with Crippen LogP contribution in [0.4, 0.5) is 10.9 Å². The van der Waals surface area contributed by atoms with Gasteiger partial charge in [0.05, 0.1) is 0 Å². The minimum Gasteiger partial charge on any atom is -0.350 e. The quantitative estimate of drug-likeness (QED) is 0.872. The van der Waals surface area contributed by atoms with Crippen LogP contribution in [0, 0.1) is 12.8 Å². The zero-order valence-electron chi connectivity index (χ0n) is 13.3. The summed E-state index contributed by atoms with van der Waals surface area (Å²) < 4.78 is 0. The predicted octanol–water partition coefficient (Wildman–Crippen LogP) is 3.90. The Hall–Kier alpha value is -1.95. The molecule has 0 aliphatic heterocycles. The van der Waals surface area contributed by atoms with Gasteiger partial charge in [-0.3, -0.25) is 4.79 Å². The Morgan fingerprint density at radius 1 is 1.26 bits per heavy atom. The minimum absolute atomic E-state index is 0.0860. The SMILES string of the molecule is Cc1cccc(Nc2nc(C(=O)NCC3CCCCC3)cs2)n1. The number of carbonyl (C=O) groups excluding carboxylic acids is 1. The van der Waals surface area contributed by atoms with E-state index in [4.69, 9.17) is 0 Å². The van der Waals surface area contributed by atoms with Gasteiger partial charge in [0.15, 0.2) is 5.13 Å². The number of amides is 1. The minimum atomic E-state index is -0.0860. The smallest absolute Gasteiger partial charge is 0.270 e. The number of hydrogen-bond acceptors (Lipinski definition) is 5. The fraction of sp³-hybridized carbons (Fsp3) is 0.471. The van der Waals surface area contributed by atoms with Crippen LogP contribution in [0.3, 0.4) is 0 Å². The molecule has 6 heteroatoms. The van der Waals surface area contributed by atoms with Crippen LogP contribution in [0.25, 0.3) is 0 Å². The lowest BCUT2D eigenvalue weighted by Crippen LogP contribution is -2.30. The fourth-order valence-corrected chi connectivity index (χ4v) is 3.57. The number of anilines is 2. The first-order valence-corrected chi connectivity index (χ1v) is 9.03. The van der Waals surface area contributed by atoms with E-state index in [0.717, 1.165) is 18.1 Å². The van der Waals surface area contributed by atoms with Crippen molar-refractivity contribution < 1.29 is 4.79 Å². The van der Waals surface area contributed by atoms with Crippen LogP contribution in [-0.2, 0) is 0 Å². The Morgan fingerprint density at radius 3 is 2.87 bits per heavy atom. The summed E-state index contributed by atoms with van der Waals surface area (Å²) in [4.78, 5) is 20.9. The van der Waals surface area contributed by atoms with E-state index in [-0.39, 0.29) is 5.91 Å². The molecule has 2 heterocycles. The van der Waals surface area contributed by atoms with Crippen molar-refractivity contribution in [1.82, 2.24) is 15.3 Å². The van der Waals surface area contributed by atoms with E-state index in [2.05, 4.69) is 20.6 Å². The molecule has 122 valence electrons. The summed E-state index contributed by atoms with van der Waals surface area (Å²) in [6.45, 7) is 2.70. The number of aromatic nitrogens is 2. The summed E-state index contributed by atoms with van der Waals surface area (Å²) in [6.07, 6.45) is 6.36. The van der Waals surface area contributed by atoms with Crippen molar-refractivity contribution in [3.8, 4) is 0 Å². The van der Waals surface area contributed by atoms with Crippen LogP contribution >= 0.6 is 11.3 Å². The molecular formula is C17H22N4OS. The van der Waals surface area contributed by atoms with E-state index in [1.54, 1.807) is 5.38 Å². The lowest BCUT2D eigenvalue weighted by Gasteiger charge is -2.21. The van der Waals surface area contributed by atoms with Gasteiger partial charge in [-0.2, -0.15) is 0 Å². The molecule has 1 fully saturated rings. The van der Waals surface area contributed by atoms with Crippen molar-refractivity contribution in [1.29, 1.82) is 0 Å². The third kappa shape index (κ3) is 4.51. The summed E-state index contributed by atoms with van der Waals surface area (Å²) >= 11 is 1.42. The van der Waals surface area contributed by atoms with Crippen molar-refractivity contribution >= 4 is 28.2 Å². The molecule has 1 saturated carbocycles. The number of nitrogens with one attached hydrogen (secondary N) is 2. The topological polar surface area (TPSA) is 66.9 Å². The average Bonchev–Trinajstić information content (AvgIpc) is 3.02. The fourth-order valence-electron chi connectivity index (χ4n) is 2.88. The van der Waals surface area contributed by atoms with Gasteiger partial charge in [0, 0.05) is 17.6 Å². The second-order valence-electron chi connectivity index (χ2n) is 6.04. The molecule has 3 rings (SSSR count). The Balaban J connectivity index is 1.54. The standard InChI is InChI=1S/C17H22N4OS/c1-12-6-5-9-15(19-12)21-17-20-14(11-23-17)16(22)18-10-13-7-3-2-4-8-13/h5-6,9,11,13H,2-4,7-8,10H2,1H3,(H,18,22)(H,19,20,21). The van der Waals surface area contributed by atoms with E-state index < -0.39 is 0 Å². The zero-order chi connectivity index (χ0) is 16.1. The molecule has 1 aliphatic rings. The molecule has 23 heavy (non-hydrogen) atoms. The van der Waals surface area contributed by atoms with Gasteiger partial charge in [-0.25, -0.2) is 9.97 Å². The van der Waals surface area contributed by atoms with Gasteiger partial charge in [-0.05, 0) is 37.8 Å². The monoisotopic (exact) mass is 330 g/mol. The van der Waals surface area contributed by atoms with E-state index in [1.165, 1.54) is 43.4 Å². The number of aryl methyl sites for hydroxylation is 1. The molecular weight excluding hydrogens is 308 g/mol. The number of hydrogen-bond donors (Lipinski definition) is 2. The van der Waals surface area contributed by atoms with Crippen LogP contribution < -0.4 is 10.6 Å². The second kappa shape index (κ2) is 7.55. The van der Waals surface area contributed by atoms with E-state index in [9.17, 15) is 4.79 Å². The maximum Gasteiger partial charge on any atom is 0.270 e. The van der Waals surface area contributed by atoms with Crippen molar-refractivity contribution in [2.45, 2.75) is 39.0 Å². The maximum absolute atomic E-state index is 12.2. The first kappa shape index (κ1) is 15.9. The molecule has 0 saturated heterocycles. The lowest BCUT2D eigenvalue weighted by atomic mass is 9.89. The van der Waals surface area contributed by atoms with Gasteiger partial charge in [0.25, 0.3) is 5.91 Å². The van der Waals surface area contributed by atoms with Gasteiger partial charge in [0.1, 0.15) is 11.5 Å². The largest absolute Gasteiger partial charge is 0.350 e. The first-order chi connectivity index (χ1) is 11.2. The zero-order valence-corrected chi connectivity index (χ0v) is 14.2. The van der Waals surface area contributed by atoms with Crippen LogP contribution in [0.1, 0.15) is 48.3 Å². The second-order valence-corrected chi connectivity index (χ2v) is 6.90. The van der Waals surface area contributed by atoms with Crippen molar-refractivity contribution in [3.05, 3.63) is 35.0 Å². The van der Waals surface area contributed by atoms with Crippen molar-refractivity contribution in [2.24, 2.45) is 5.92 Å². The molecule has 0 unspecified atom stereocenters. The molecule has 0 aromatic carbocycles. The molecule has 2 N–H and O–H groups in total. The van der Waals surface area contributed by atoms with Crippen LogP contribution in [0.2, 0.25) is 0 Å². The van der Waals surface area contributed by atoms with Gasteiger partial charge in [0.2, 0.25) is 0 Å². The van der Waals surface area contributed by atoms with Crippen molar-refractivity contribution in [3.63, 3.8) is 0 Å². The molecule has 2 aromatic heterocycles. The molecule has 1 aliphatic carbocycles. The Morgan fingerprint density at radius 2 is 2.09 bits per heavy atom. The molecule has 2 aromatic rings. The van der Waals surface area contributed by atoms with Crippen LogP contribution in [0.15, 0.2) is 23.6 Å². The molecule has 0 atom stereocenters. The third-order valence-corrected chi connectivity index (χ3v) is 4.89. The number of thiazole rings is 1. The molecule has 0 spiro atoms. The normalized spacial score (nSPS) is 15.3. The van der Waals surface area contributed by atoms with Crippen LogP contribution in [0.5, 0.6) is 0 Å². The highest BCUT2D eigenvalue weighted by molar-refractivity contribution is 7.14. The summed E-state index contributed by atoms with van der Waals surface area (Å²) in [5, 5.41) is 8.63. The number of nitrogens with zero attached hydrogens (tertiary/aromatic N) is 2. The average molecular weight is 330 g/mol. The van der Waals surface area contributed by atoms with E-state index in [1.807, 2.05) is 25.1 Å². The number of rotatable bonds is 5. The number of pyridine rings is 1. The van der Waals surface area contributed by atoms with Crippen LogP contribution in [-0.4, -0.2) is 22.4 Å². The first-order valence-electron chi connectivity index (χ1n) is 8.15. The third-order valence-electron chi connectivity index (χ3n) is 4.14. The van der Waals surface area contributed by atoms with Gasteiger partial charge in [-0.1, -0.05) is 25.3 Å². The Bertz CT molecular complexity index is 664. The van der Waals surface area contributed by atoms with E-state index in [0.29, 0.717) is 16.7 Å². The Kier molecular flexibility index (Phi) is 5.23. The lowest BCUT2D eigenvalue weighted by molar-refractivity contribution is 0.0939. The highest BCUT2D eigenvalue weighted by Crippen LogP contribution is 2.23. The van der Waals surface area contributed by atoms with E-state index >= 15 is 0 Å². The van der Waals surface area contributed by atoms with Gasteiger partial charge >= 0.3 is 0 Å². The molecule has 1 amide bonds. The van der Waals surface area contributed by atoms with Crippen molar-refractivity contribution in [2.75, 3.05) is 11.9 Å². The molecule has 0 bridgehead atoms. The maximum atomic E-state index is 12.2. The van der Waals surface area contributed by atoms with Gasteiger partial charge < -0.3 is 10.6 Å². The highest BCUT2D eigenvalue weighted by Gasteiger charge is 2.16. The molecule has 5 nitrogen and oxygen atoms in total.